The van der Waals surface area contributed by atoms with Crippen LogP contribution in [0.2, 0.25) is 5.02 Å². The summed E-state index contributed by atoms with van der Waals surface area (Å²) in [4.78, 5) is 0.927. The number of nitrogen functional groups attached to an aromatic ring is 1. The number of halogens is 1. The Balaban J connectivity index is 1.82. The van der Waals surface area contributed by atoms with Gasteiger partial charge in [-0.3, -0.25) is 0 Å². The van der Waals surface area contributed by atoms with Crippen molar-refractivity contribution in [2.24, 2.45) is 0 Å². The highest BCUT2D eigenvalue weighted by molar-refractivity contribution is 7.99. The van der Waals surface area contributed by atoms with Crippen molar-refractivity contribution in [1.82, 2.24) is 0 Å². The fraction of sp³-hybridized carbons (Fsp3) is 0.200. The number of hydrogen-bond acceptors (Lipinski definition) is 3. The molecule has 0 aromatic heterocycles. The van der Waals surface area contributed by atoms with Crippen LogP contribution in [0.5, 0.6) is 5.75 Å². The van der Waals surface area contributed by atoms with E-state index in [0.717, 1.165) is 16.4 Å². The second kappa shape index (κ2) is 6.73. The lowest BCUT2D eigenvalue weighted by atomic mass is 10.2. The lowest BCUT2D eigenvalue weighted by molar-refractivity contribution is 0.344. The predicted octanol–water partition coefficient (Wildman–Crippen LogP) is 4.40. The van der Waals surface area contributed by atoms with Crippen LogP contribution in [-0.2, 0) is 0 Å². The summed E-state index contributed by atoms with van der Waals surface area (Å²) < 4.78 is 5.66. The van der Waals surface area contributed by atoms with E-state index in [1.807, 2.05) is 42.5 Å². The minimum atomic E-state index is 0.623. The minimum absolute atomic E-state index is 0.623. The highest BCUT2D eigenvalue weighted by Crippen LogP contribution is 2.32. The summed E-state index contributed by atoms with van der Waals surface area (Å²) in [7, 11) is 0. The number of hydrogen-bond donors (Lipinski definition) is 1. The van der Waals surface area contributed by atoms with E-state index in [-0.39, 0.29) is 0 Å². The molecule has 2 N–H and O–H groups in total. The molecule has 19 heavy (non-hydrogen) atoms. The van der Waals surface area contributed by atoms with E-state index < -0.39 is 0 Å². The van der Waals surface area contributed by atoms with Gasteiger partial charge < -0.3 is 10.5 Å². The molecular weight excluding hydrogens is 278 g/mol. The van der Waals surface area contributed by atoms with Crippen molar-refractivity contribution >= 4 is 29.1 Å². The first-order valence-electron chi connectivity index (χ1n) is 6.03. The molecule has 2 aromatic carbocycles. The molecule has 0 unspecified atom stereocenters. The quantitative estimate of drug-likeness (QED) is 0.504. The molecule has 0 fully saturated rings. The van der Waals surface area contributed by atoms with Gasteiger partial charge in [0.2, 0.25) is 0 Å². The number of ether oxygens (including phenoxy) is 1. The first kappa shape index (κ1) is 14.1. The zero-order chi connectivity index (χ0) is 13.7. The van der Waals surface area contributed by atoms with E-state index in [4.69, 9.17) is 22.1 Å². The Morgan fingerprint density at radius 1 is 1.16 bits per heavy atom. The van der Waals surface area contributed by atoms with E-state index >= 15 is 0 Å². The highest BCUT2D eigenvalue weighted by atomic mass is 35.5. The Morgan fingerprint density at radius 2 is 1.89 bits per heavy atom. The maximum atomic E-state index is 6.10. The molecule has 100 valence electrons. The molecule has 0 heterocycles. The Kier molecular flexibility index (Phi) is 5.00. The molecule has 0 saturated carbocycles. The van der Waals surface area contributed by atoms with Crippen LogP contribution in [0.25, 0.3) is 0 Å². The first-order valence-corrected chi connectivity index (χ1v) is 7.39. The number of benzene rings is 2. The summed E-state index contributed by atoms with van der Waals surface area (Å²) in [6, 6.07) is 13.6. The second-order valence-corrected chi connectivity index (χ2v) is 5.68. The maximum Gasteiger partial charge on any atom is 0.119 e. The van der Waals surface area contributed by atoms with Gasteiger partial charge in [-0.15, -0.1) is 11.8 Å². The topological polar surface area (TPSA) is 35.2 Å². The SMILES string of the molecule is Cc1ccc(OCCSc2c(N)cccc2Cl)cc1. The summed E-state index contributed by atoms with van der Waals surface area (Å²) in [6.07, 6.45) is 0. The fourth-order valence-electron chi connectivity index (χ4n) is 1.62. The van der Waals surface area contributed by atoms with Crippen LogP contribution in [0.3, 0.4) is 0 Å². The van der Waals surface area contributed by atoms with Gasteiger partial charge in [0.05, 0.1) is 11.6 Å². The number of rotatable bonds is 5. The molecule has 2 aromatic rings. The standard InChI is InChI=1S/C15H16ClNOS/c1-11-5-7-12(8-6-11)18-9-10-19-15-13(16)3-2-4-14(15)17/h2-8H,9-10,17H2,1H3. The van der Waals surface area contributed by atoms with Gasteiger partial charge in [0.15, 0.2) is 0 Å². The molecular formula is C15H16ClNOS. The molecule has 0 atom stereocenters. The molecule has 4 heteroatoms. The van der Waals surface area contributed by atoms with Crippen LogP contribution >= 0.6 is 23.4 Å². The summed E-state index contributed by atoms with van der Waals surface area (Å²) in [6.45, 7) is 2.68. The lowest BCUT2D eigenvalue weighted by Crippen LogP contribution is -2.00. The third-order valence-corrected chi connectivity index (χ3v) is 4.16. The monoisotopic (exact) mass is 293 g/mol. The third kappa shape index (κ3) is 4.08. The maximum absolute atomic E-state index is 6.10. The van der Waals surface area contributed by atoms with Crippen molar-refractivity contribution in [3.05, 3.63) is 53.1 Å². The smallest absolute Gasteiger partial charge is 0.119 e. The Labute approximate surface area is 122 Å². The van der Waals surface area contributed by atoms with Crippen LogP contribution in [-0.4, -0.2) is 12.4 Å². The fourth-order valence-corrected chi connectivity index (χ4v) is 2.77. The molecule has 0 radical (unpaired) electrons. The summed E-state index contributed by atoms with van der Waals surface area (Å²) in [5.41, 5.74) is 7.83. The highest BCUT2D eigenvalue weighted by Gasteiger charge is 2.04. The van der Waals surface area contributed by atoms with Crippen molar-refractivity contribution in [2.45, 2.75) is 11.8 Å². The molecule has 0 bridgehead atoms. The Morgan fingerprint density at radius 3 is 2.58 bits per heavy atom. The van der Waals surface area contributed by atoms with Crippen molar-refractivity contribution < 1.29 is 4.74 Å². The van der Waals surface area contributed by atoms with E-state index in [1.54, 1.807) is 11.8 Å². The molecule has 0 amide bonds. The van der Waals surface area contributed by atoms with Gasteiger partial charge in [-0.2, -0.15) is 0 Å². The van der Waals surface area contributed by atoms with E-state index in [0.29, 0.717) is 17.3 Å². The molecule has 2 nitrogen and oxygen atoms in total. The van der Waals surface area contributed by atoms with Gasteiger partial charge >= 0.3 is 0 Å². The van der Waals surface area contributed by atoms with Crippen molar-refractivity contribution in [1.29, 1.82) is 0 Å². The zero-order valence-corrected chi connectivity index (χ0v) is 12.3. The normalized spacial score (nSPS) is 10.4. The van der Waals surface area contributed by atoms with Gasteiger partial charge in [0, 0.05) is 16.3 Å². The van der Waals surface area contributed by atoms with Crippen molar-refractivity contribution in [3.63, 3.8) is 0 Å². The lowest BCUT2D eigenvalue weighted by Gasteiger charge is -2.09. The van der Waals surface area contributed by atoms with Crippen molar-refractivity contribution in [2.75, 3.05) is 18.1 Å². The molecule has 0 spiro atoms. The van der Waals surface area contributed by atoms with Gasteiger partial charge in [0.25, 0.3) is 0 Å². The number of thioether (sulfide) groups is 1. The first-order chi connectivity index (χ1) is 9.16. The van der Waals surface area contributed by atoms with Crippen LogP contribution in [0, 0.1) is 6.92 Å². The Hall–Kier alpha value is -1.32. The van der Waals surface area contributed by atoms with Crippen LogP contribution < -0.4 is 10.5 Å². The molecule has 0 saturated heterocycles. The van der Waals surface area contributed by atoms with E-state index in [1.165, 1.54) is 5.56 Å². The van der Waals surface area contributed by atoms with E-state index in [9.17, 15) is 0 Å². The predicted molar refractivity (Wildman–Crippen MR) is 83.3 cm³/mol. The summed E-state index contributed by atoms with van der Waals surface area (Å²) in [5, 5.41) is 0.695. The zero-order valence-electron chi connectivity index (χ0n) is 10.7. The van der Waals surface area contributed by atoms with Gasteiger partial charge in [-0.1, -0.05) is 35.4 Å². The van der Waals surface area contributed by atoms with Crippen molar-refractivity contribution in [3.8, 4) is 5.75 Å². The minimum Gasteiger partial charge on any atom is -0.493 e. The molecule has 2 rings (SSSR count). The second-order valence-electron chi connectivity index (χ2n) is 4.17. The van der Waals surface area contributed by atoms with Gasteiger partial charge in [-0.25, -0.2) is 0 Å². The van der Waals surface area contributed by atoms with Crippen LogP contribution in [0.1, 0.15) is 5.56 Å². The largest absolute Gasteiger partial charge is 0.493 e. The molecule has 0 aliphatic carbocycles. The third-order valence-electron chi connectivity index (χ3n) is 2.62. The van der Waals surface area contributed by atoms with E-state index in [2.05, 4.69) is 6.92 Å². The number of aryl methyl sites for hydroxylation is 1. The summed E-state index contributed by atoms with van der Waals surface area (Å²) in [5.74, 6) is 1.69. The molecule has 0 aliphatic heterocycles. The molecule has 0 aliphatic rings. The van der Waals surface area contributed by atoms with Gasteiger partial charge in [-0.05, 0) is 31.2 Å². The summed E-state index contributed by atoms with van der Waals surface area (Å²) >= 11 is 7.72. The average Bonchev–Trinajstić information content (AvgIpc) is 2.39. The number of nitrogens with two attached hydrogens (primary N) is 1. The van der Waals surface area contributed by atoms with Crippen LogP contribution in [0.4, 0.5) is 5.69 Å². The number of anilines is 1. The average molecular weight is 294 g/mol. The van der Waals surface area contributed by atoms with Crippen LogP contribution in [0.15, 0.2) is 47.4 Å². The van der Waals surface area contributed by atoms with Gasteiger partial charge in [0.1, 0.15) is 5.75 Å². The Bertz CT molecular complexity index is 522.